The first-order valence-electron chi connectivity index (χ1n) is 9.32. The number of hydrogen-bond donors (Lipinski definition) is 0. The third-order valence-corrected chi connectivity index (χ3v) is 4.62. The Morgan fingerprint density at radius 3 is 2.22 bits per heavy atom. The lowest BCUT2D eigenvalue weighted by Crippen LogP contribution is -2.27. The van der Waals surface area contributed by atoms with Crippen LogP contribution in [-0.4, -0.2) is 36.9 Å². The van der Waals surface area contributed by atoms with Gasteiger partial charge in [0.15, 0.2) is 5.78 Å². The van der Waals surface area contributed by atoms with Gasteiger partial charge in [-0.05, 0) is 24.3 Å². The first kappa shape index (κ1) is 22.2. The topological polar surface area (TPSA) is 116 Å². The lowest BCUT2D eigenvalue weighted by atomic mass is 10.0. The molecule has 1 heterocycles. The summed E-state index contributed by atoms with van der Waals surface area (Å²) in [5.74, 6) is -2.12. The summed E-state index contributed by atoms with van der Waals surface area (Å²) < 4.78 is 9.55. The number of nitro benzene ring substituents is 1. The van der Waals surface area contributed by atoms with Crippen molar-refractivity contribution in [2.24, 2.45) is 0 Å². The van der Waals surface area contributed by atoms with Gasteiger partial charge in [-0.2, -0.15) is 0 Å². The predicted molar refractivity (Wildman–Crippen MR) is 115 cm³/mol. The molecule has 162 valence electrons. The van der Waals surface area contributed by atoms with Crippen LogP contribution in [0.2, 0.25) is 0 Å². The van der Waals surface area contributed by atoms with Crippen molar-refractivity contribution in [3.8, 4) is 0 Å². The molecule has 0 fully saturated rings. The average molecular weight is 434 g/mol. The van der Waals surface area contributed by atoms with E-state index in [9.17, 15) is 24.5 Å². The molecule has 0 aromatic heterocycles. The van der Waals surface area contributed by atoms with Gasteiger partial charge in [-0.3, -0.25) is 14.9 Å². The molecule has 0 saturated carbocycles. The molecule has 0 spiro atoms. The van der Waals surface area contributed by atoms with Gasteiger partial charge >= 0.3 is 11.9 Å². The number of hydrogen-bond acceptors (Lipinski definition) is 8. The van der Waals surface area contributed by atoms with E-state index in [2.05, 4.69) is 0 Å². The molecule has 0 saturated heterocycles. The SMILES string of the molecule is COC(=O)C1=C(C(=O)OC)N(c2ccc(C(=O)c3ccccc3)cc2[N+](=O)[O-])C=CC=C1. The Morgan fingerprint density at radius 2 is 1.59 bits per heavy atom. The number of ether oxygens (including phenoxy) is 2. The molecule has 0 N–H and O–H groups in total. The van der Waals surface area contributed by atoms with Crippen molar-refractivity contribution >= 4 is 29.1 Å². The van der Waals surface area contributed by atoms with Gasteiger partial charge in [-0.15, -0.1) is 0 Å². The molecule has 0 aliphatic carbocycles. The predicted octanol–water partition coefficient (Wildman–Crippen LogP) is 3.32. The Balaban J connectivity index is 2.18. The van der Waals surface area contributed by atoms with Crippen molar-refractivity contribution in [2.45, 2.75) is 0 Å². The van der Waals surface area contributed by atoms with Crippen LogP contribution in [0.5, 0.6) is 0 Å². The number of allylic oxidation sites excluding steroid dienone is 2. The van der Waals surface area contributed by atoms with Gasteiger partial charge in [0.25, 0.3) is 5.69 Å². The van der Waals surface area contributed by atoms with Gasteiger partial charge in [0.05, 0.1) is 24.7 Å². The maximum atomic E-state index is 12.8. The molecule has 32 heavy (non-hydrogen) atoms. The fraction of sp³-hybridized carbons (Fsp3) is 0.0870. The zero-order chi connectivity index (χ0) is 23.3. The number of benzene rings is 2. The summed E-state index contributed by atoms with van der Waals surface area (Å²) in [5, 5.41) is 11.9. The van der Waals surface area contributed by atoms with Crippen molar-refractivity contribution in [1.82, 2.24) is 0 Å². The fourth-order valence-corrected chi connectivity index (χ4v) is 3.12. The van der Waals surface area contributed by atoms with E-state index in [1.165, 1.54) is 36.6 Å². The van der Waals surface area contributed by atoms with E-state index >= 15 is 0 Å². The summed E-state index contributed by atoms with van der Waals surface area (Å²) in [7, 11) is 2.27. The van der Waals surface area contributed by atoms with Crippen LogP contribution in [0.25, 0.3) is 0 Å². The Kier molecular flexibility index (Phi) is 6.59. The maximum Gasteiger partial charge on any atom is 0.355 e. The third kappa shape index (κ3) is 4.31. The van der Waals surface area contributed by atoms with Gasteiger partial charge in [0.1, 0.15) is 11.4 Å². The van der Waals surface area contributed by atoms with Crippen LogP contribution in [0, 0.1) is 10.1 Å². The molecule has 0 unspecified atom stereocenters. The van der Waals surface area contributed by atoms with Gasteiger partial charge in [0, 0.05) is 23.4 Å². The number of carbonyl (C=O) groups excluding carboxylic acids is 3. The van der Waals surface area contributed by atoms with Crippen molar-refractivity contribution in [1.29, 1.82) is 0 Å². The molecular formula is C23H18N2O7. The Labute approximate surface area is 183 Å². The maximum absolute atomic E-state index is 12.8. The second-order valence-electron chi connectivity index (χ2n) is 6.47. The molecule has 0 atom stereocenters. The van der Waals surface area contributed by atoms with E-state index in [4.69, 9.17) is 9.47 Å². The second-order valence-corrected chi connectivity index (χ2v) is 6.47. The van der Waals surface area contributed by atoms with Gasteiger partial charge in [0.2, 0.25) is 0 Å². The average Bonchev–Trinajstić information content (AvgIpc) is 3.05. The van der Waals surface area contributed by atoms with Crippen LogP contribution in [0.3, 0.4) is 0 Å². The minimum absolute atomic E-state index is 0.0404. The van der Waals surface area contributed by atoms with Gasteiger partial charge < -0.3 is 14.4 Å². The normalized spacial score (nSPS) is 12.9. The zero-order valence-electron chi connectivity index (χ0n) is 17.2. The van der Waals surface area contributed by atoms with Crippen LogP contribution in [0.4, 0.5) is 11.4 Å². The van der Waals surface area contributed by atoms with E-state index in [1.54, 1.807) is 30.3 Å². The molecule has 9 nitrogen and oxygen atoms in total. The minimum Gasteiger partial charge on any atom is -0.465 e. The molecule has 2 aromatic rings. The Bertz CT molecular complexity index is 1180. The number of nitrogens with zero attached hydrogens (tertiary/aromatic N) is 2. The van der Waals surface area contributed by atoms with Gasteiger partial charge in [-0.25, -0.2) is 9.59 Å². The first-order valence-corrected chi connectivity index (χ1v) is 9.32. The molecule has 0 bridgehead atoms. The van der Waals surface area contributed by atoms with E-state index in [-0.39, 0.29) is 22.5 Å². The van der Waals surface area contributed by atoms with Crippen LogP contribution in [-0.2, 0) is 19.1 Å². The quantitative estimate of drug-likeness (QED) is 0.294. The highest BCUT2D eigenvalue weighted by Gasteiger charge is 2.31. The van der Waals surface area contributed by atoms with E-state index in [0.717, 1.165) is 25.2 Å². The number of carbonyl (C=O) groups is 3. The number of esters is 2. The second kappa shape index (κ2) is 9.52. The van der Waals surface area contributed by atoms with Crippen molar-refractivity contribution < 1.29 is 28.8 Å². The highest BCUT2D eigenvalue weighted by Crippen LogP contribution is 2.35. The number of ketones is 1. The molecule has 9 heteroatoms. The summed E-state index contributed by atoms with van der Waals surface area (Å²) in [4.78, 5) is 50.0. The summed E-state index contributed by atoms with van der Waals surface area (Å²) in [6, 6.07) is 12.2. The van der Waals surface area contributed by atoms with Crippen LogP contribution in [0.1, 0.15) is 15.9 Å². The molecular weight excluding hydrogens is 416 g/mol. The summed E-state index contributed by atoms with van der Waals surface area (Å²) in [5.41, 5.74) is -0.431. The van der Waals surface area contributed by atoms with Crippen molar-refractivity contribution in [3.05, 3.63) is 105 Å². The first-order chi connectivity index (χ1) is 15.4. The number of rotatable bonds is 6. The Hall–Kier alpha value is -4.53. The number of anilines is 1. The molecule has 3 rings (SSSR count). The summed E-state index contributed by atoms with van der Waals surface area (Å²) in [6.07, 6.45) is 5.69. The molecule has 2 aromatic carbocycles. The molecule has 1 aliphatic rings. The van der Waals surface area contributed by atoms with Crippen molar-refractivity contribution in [2.75, 3.05) is 19.1 Å². The zero-order valence-corrected chi connectivity index (χ0v) is 17.2. The minimum atomic E-state index is -0.902. The largest absolute Gasteiger partial charge is 0.465 e. The standard InChI is InChI=1S/C23H18N2O7/c1-31-22(27)17-10-6-7-13-24(20(17)23(28)32-2)18-12-11-16(14-19(18)25(29)30)21(26)15-8-4-3-5-9-15/h3-14H,1-2H3. The van der Waals surface area contributed by atoms with Crippen LogP contribution in [0.15, 0.2) is 84.2 Å². The summed E-state index contributed by atoms with van der Waals surface area (Å²) in [6.45, 7) is 0. The van der Waals surface area contributed by atoms with E-state index in [0.29, 0.717) is 5.56 Å². The molecule has 1 aliphatic heterocycles. The highest BCUT2D eigenvalue weighted by molar-refractivity contribution is 6.10. The Morgan fingerprint density at radius 1 is 0.906 bits per heavy atom. The van der Waals surface area contributed by atoms with Crippen LogP contribution >= 0.6 is 0 Å². The lowest BCUT2D eigenvalue weighted by Gasteiger charge is -2.23. The lowest BCUT2D eigenvalue weighted by molar-refractivity contribution is -0.384. The highest BCUT2D eigenvalue weighted by atomic mass is 16.6. The van der Waals surface area contributed by atoms with E-state index in [1.807, 2.05) is 0 Å². The smallest absolute Gasteiger partial charge is 0.355 e. The van der Waals surface area contributed by atoms with Gasteiger partial charge in [-0.1, -0.05) is 36.4 Å². The van der Waals surface area contributed by atoms with E-state index < -0.39 is 28.3 Å². The third-order valence-electron chi connectivity index (χ3n) is 4.62. The van der Waals surface area contributed by atoms with Crippen molar-refractivity contribution in [3.63, 3.8) is 0 Å². The molecule has 0 amide bonds. The van der Waals surface area contributed by atoms with Crippen LogP contribution < -0.4 is 4.90 Å². The summed E-state index contributed by atoms with van der Waals surface area (Å²) >= 11 is 0. The monoisotopic (exact) mass is 434 g/mol. The fourth-order valence-electron chi connectivity index (χ4n) is 3.12. The molecule has 0 radical (unpaired) electrons. The number of nitro groups is 1. The number of methoxy groups -OCH3 is 2.